The van der Waals surface area contributed by atoms with Crippen molar-refractivity contribution in [2.75, 3.05) is 0 Å². The molecule has 1 nitrogen and oxygen atoms in total. The van der Waals surface area contributed by atoms with Crippen molar-refractivity contribution < 1.29 is 4.79 Å². The van der Waals surface area contributed by atoms with Crippen molar-refractivity contribution in [2.45, 2.75) is 18.5 Å². The predicted octanol–water partition coefficient (Wildman–Crippen LogP) is -0.315. The Labute approximate surface area is 59.6 Å². The molecule has 0 rings (SSSR count). The van der Waals surface area contributed by atoms with Crippen LogP contribution in [0.1, 0.15) is 6.92 Å². The van der Waals surface area contributed by atoms with Crippen LogP contribution in [0, 0.1) is 0 Å². The zero-order chi connectivity index (χ0) is 5.15. The van der Waals surface area contributed by atoms with Gasteiger partial charge in [-0.3, -0.25) is 0 Å². The summed E-state index contributed by atoms with van der Waals surface area (Å²) < 4.78 is 0.398. The van der Waals surface area contributed by atoms with Crippen LogP contribution < -0.4 is 0 Å². The molecule has 0 unspecified atom stereocenters. The highest BCUT2D eigenvalue weighted by Gasteiger charge is 2.05. The van der Waals surface area contributed by atoms with Gasteiger partial charge in [0.15, 0.2) is 17.4 Å². The molecule has 40 valence electrons. The molecule has 7 heavy (non-hydrogen) atoms. The zero-order valence-electron chi connectivity index (χ0n) is 4.49. The van der Waals surface area contributed by atoms with E-state index in [1.165, 1.54) is 0 Å². The monoisotopic (exact) mass is 130 g/mol. The molecule has 0 atom stereocenters. The second-order valence-corrected chi connectivity index (χ2v) is 4.89. The Morgan fingerprint density at radius 3 is 1.57 bits per heavy atom. The fourth-order valence-electron chi connectivity index (χ4n) is 0. The number of carbonyl (C=O) groups excluding carboxylic acids is 1. The van der Waals surface area contributed by atoms with Gasteiger partial charge in [0.05, 0.1) is 0 Å². The van der Waals surface area contributed by atoms with Crippen molar-refractivity contribution in [3.05, 3.63) is 0 Å². The van der Waals surface area contributed by atoms with Gasteiger partial charge in [0.25, 0.3) is 0 Å². The minimum Gasteiger partial charge on any atom is -0.321 e. The Morgan fingerprint density at radius 2 is 1.57 bits per heavy atom. The molecule has 3 heteroatoms. The Morgan fingerprint density at radius 1 is 1.43 bits per heavy atom. The van der Waals surface area contributed by atoms with Crippen LogP contribution in [0.3, 0.4) is 0 Å². The van der Waals surface area contributed by atoms with Gasteiger partial charge in [-0.25, -0.2) is 0 Å². The third-order valence-electron chi connectivity index (χ3n) is 0.813. The molecule has 0 radical (unpaired) electrons. The Kier molecular flexibility index (Phi) is 7.44. The molecule has 0 amide bonds. The van der Waals surface area contributed by atoms with E-state index < -0.39 is 14.1 Å². The first-order valence-corrected chi connectivity index (χ1v) is 5.03. The molecule has 0 aromatic carbocycles. The number of rotatable bonds is 1. The third kappa shape index (κ3) is 6.73. The topological polar surface area (TPSA) is 17.1 Å². The van der Waals surface area contributed by atoms with E-state index in [1.807, 2.05) is 11.6 Å². The Balaban J connectivity index is 0. The molecule has 0 aliphatic carbocycles. The largest absolute Gasteiger partial charge is 0.358 e. The minimum atomic E-state index is -0.883. The number of carbonyl (C=O) groups is 1. The second kappa shape index (κ2) is 4.88. The normalized spacial score (nSPS) is 6.71. The lowest BCUT2D eigenvalue weighted by Gasteiger charge is -1.82. The van der Waals surface area contributed by atoms with Gasteiger partial charge in [0, 0.05) is 4.65 Å². The molecular weight excluding hydrogens is 118 g/mol. The van der Waals surface area contributed by atoms with E-state index in [1.54, 1.807) is 6.92 Å². The summed E-state index contributed by atoms with van der Waals surface area (Å²) >= 11 is -0.883. The van der Waals surface area contributed by atoms with Gasteiger partial charge >= 0.3 is 14.1 Å². The van der Waals surface area contributed by atoms with E-state index in [0.29, 0.717) is 4.65 Å². The van der Waals surface area contributed by atoms with Crippen molar-refractivity contribution >= 4 is 36.2 Å². The first-order chi connectivity index (χ1) is 2.64. The van der Waals surface area contributed by atoms with Crippen LogP contribution in [-0.4, -0.2) is 36.2 Å². The van der Waals surface area contributed by atoms with Gasteiger partial charge in [0.2, 0.25) is 0 Å². The van der Waals surface area contributed by atoms with Crippen molar-refractivity contribution in [2.24, 2.45) is 0 Å². The van der Waals surface area contributed by atoms with Crippen LogP contribution in [0.2, 0.25) is 11.6 Å². The summed E-state index contributed by atoms with van der Waals surface area (Å²) in [5, 5.41) is 0. The van der Waals surface area contributed by atoms with Crippen LogP contribution in [0.4, 0.5) is 0 Å². The SMILES string of the molecule is C[C](=O)[Al]([CH3])[CH3].[AlH3]. The van der Waals surface area contributed by atoms with Crippen LogP contribution in [0.15, 0.2) is 0 Å². The molecule has 0 N–H and O–H groups in total. The van der Waals surface area contributed by atoms with Crippen LogP contribution in [0.5, 0.6) is 0 Å². The molecule has 0 bridgehead atoms. The fraction of sp³-hybridized carbons (Fsp3) is 0.750. The van der Waals surface area contributed by atoms with E-state index in [2.05, 4.69) is 0 Å². The average Bonchev–Trinajstić information content (AvgIpc) is 1.36. The van der Waals surface area contributed by atoms with Crippen molar-refractivity contribution in [3.8, 4) is 0 Å². The van der Waals surface area contributed by atoms with Gasteiger partial charge < -0.3 is 4.79 Å². The molecule has 0 aliphatic heterocycles. The molecule has 0 saturated heterocycles. The summed E-state index contributed by atoms with van der Waals surface area (Å²) in [4.78, 5) is 10.2. The summed E-state index contributed by atoms with van der Waals surface area (Å²) in [7, 11) is 0. The molecule has 0 fully saturated rings. The first-order valence-electron chi connectivity index (χ1n) is 2.15. The van der Waals surface area contributed by atoms with Gasteiger partial charge in [-0.1, -0.05) is 11.6 Å². The molecule has 0 aromatic rings. The lowest BCUT2D eigenvalue weighted by Crippen LogP contribution is -2.11. The molecular formula is C4H12Al2O. The van der Waals surface area contributed by atoms with E-state index in [-0.39, 0.29) is 17.4 Å². The smallest absolute Gasteiger partial charge is 0.321 e. The first kappa shape index (κ1) is 10.7. The van der Waals surface area contributed by atoms with E-state index in [4.69, 9.17) is 0 Å². The van der Waals surface area contributed by atoms with Crippen LogP contribution >= 0.6 is 0 Å². The third-order valence-corrected chi connectivity index (χ3v) is 2.44. The second-order valence-electron chi connectivity index (χ2n) is 1.77. The number of hydrogen-bond donors (Lipinski definition) is 0. The van der Waals surface area contributed by atoms with Crippen molar-refractivity contribution in [1.82, 2.24) is 0 Å². The fourth-order valence-corrected chi connectivity index (χ4v) is 0. The minimum absolute atomic E-state index is 0. The molecule has 0 heterocycles. The van der Waals surface area contributed by atoms with Gasteiger partial charge in [-0.2, -0.15) is 0 Å². The predicted molar refractivity (Wildman–Crippen MR) is 38.1 cm³/mol. The van der Waals surface area contributed by atoms with Crippen LogP contribution in [-0.2, 0) is 4.79 Å². The van der Waals surface area contributed by atoms with Crippen molar-refractivity contribution in [3.63, 3.8) is 0 Å². The Hall–Kier alpha value is 0.735. The van der Waals surface area contributed by atoms with Crippen molar-refractivity contribution in [1.29, 1.82) is 0 Å². The zero-order valence-corrected chi connectivity index (χ0v) is 5.64. The highest BCUT2D eigenvalue weighted by molar-refractivity contribution is 6.87. The van der Waals surface area contributed by atoms with E-state index >= 15 is 0 Å². The molecule has 0 saturated carbocycles. The summed E-state index contributed by atoms with van der Waals surface area (Å²) in [6, 6.07) is 0. The highest BCUT2D eigenvalue weighted by Crippen LogP contribution is 1.77. The van der Waals surface area contributed by atoms with Gasteiger partial charge in [-0.15, -0.1) is 0 Å². The lowest BCUT2D eigenvalue weighted by atomic mass is 10.9. The molecule has 0 aliphatic rings. The summed E-state index contributed by atoms with van der Waals surface area (Å²) in [6.45, 7) is 1.66. The van der Waals surface area contributed by atoms with E-state index in [9.17, 15) is 4.79 Å². The molecule has 0 aromatic heterocycles. The lowest BCUT2D eigenvalue weighted by molar-refractivity contribution is -0.110. The van der Waals surface area contributed by atoms with Crippen LogP contribution in [0.25, 0.3) is 0 Å². The Bertz CT molecular complexity index is 60.7. The average molecular weight is 130 g/mol. The highest BCUT2D eigenvalue weighted by atomic mass is 27.2. The maximum Gasteiger partial charge on any atom is 0.358 e. The quantitative estimate of drug-likeness (QED) is 0.445. The van der Waals surface area contributed by atoms with Gasteiger partial charge in [-0.05, 0) is 6.92 Å². The standard InChI is InChI=1S/C2H3O.2CH3.2Al.3H/c1-2-3;;;;;;;/h1H3;2*1H3;;;;;. The maximum absolute atomic E-state index is 10.2. The molecule has 0 spiro atoms. The summed E-state index contributed by atoms with van der Waals surface area (Å²) in [5.74, 6) is 4.06. The summed E-state index contributed by atoms with van der Waals surface area (Å²) in [5.41, 5.74) is 0. The number of hydrogen-bond acceptors (Lipinski definition) is 1. The van der Waals surface area contributed by atoms with E-state index in [0.717, 1.165) is 0 Å². The van der Waals surface area contributed by atoms with Gasteiger partial charge in [0.1, 0.15) is 0 Å². The maximum atomic E-state index is 10.2. The summed E-state index contributed by atoms with van der Waals surface area (Å²) in [6.07, 6.45) is 0.